The molecule has 1 aliphatic rings. The number of nitrogens with zero attached hydrogens (tertiary/aromatic N) is 4. The van der Waals surface area contributed by atoms with Crippen molar-refractivity contribution in [2.24, 2.45) is 7.05 Å². The van der Waals surface area contributed by atoms with E-state index >= 15 is 0 Å². The molecule has 1 fully saturated rings. The zero-order valence-electron chi connectivity index (χ0n) is 10.1. The van der Waals surface area contributed by atoms with E-state index in [4.69, 9.17) is 0 Å². The van der Waals surface area contributed by atoms with Gasteiger partial charge >= 0.3 is 0 Å². The molecule has 3 rings (SSSR count). The van der Waals surface area contributed by atoms with Crippen LogP contribution in [0.1, 0.15) is 5.56 Å². The number of aryl methyl sites for hydroxylation is 1. The largest absolute Gasteiger partial charge is 0.314 e. The fourth-order valence-electron chi connectivity index (χ4n) is 2.30. The molecule has 2 aromatic rings. The van der Waals surface area contributed by atoms with Crippen molar-refractivity contribution < 1.29 is 0 Å². The predicted molar refractivity (Wildman–Crippen MR) is 66.7 cm³/mol. The van der Waals surface area contributed by atoms with Crippen LogP contribution in [0.3, 0.4) is 0 Å². The molecule has 5 nitrogen and oxygen atoms in total. The summed E-state index contributed by atoms with van der Waals surface area (Å²) in [6.45, 7) is 5.39. The Morgan fingerprint density at radius 3 is 2.94 bits per heavy atom. The van der Waals surface area contributed by atoms with Gasteiger partial charge in [-0.2, -0.15) is 5.10 Å². The third-order valence-corrected chi connectivity index (χ3v) is 3.24. The molecule has 5 heteroatoms. The number of fused-ring (bicyclic) bond motifs is 1. The van der Waals surface area contributed by atoms with Crippen LogP contribution in [0, 0.1) is 0 Å². The van der Waals surface area contributed by atoms with Crippen LogP contribution in [0.25, 0.3) is 11.0 Å². The topological polar surface area (TPSA) is 46.0 Å². The molecule has 17 heavy (non-hydrogen) atoms. The molecule has 0 bridgehead atoms. The van der Waals surface area contributed by atoms with Crippen molar-refractivity contribution in [2.75, 3.05) is 26.2 Å². The van der Waals surface area contributed by atoms with E-state index < -0.39 is 0 Å². The summed E-state index contributed by atoms with van der Waals surface area (Å²) in [4.78, 5) is 6.92. The molecule has 2 aromatic heterocycles. The molecular formula is C12H17N5. The van der Waals surface area contributed by atoms with Crippen molar-refractivity contribution >= 4 is 11.0 Å². The van der Waals surface area contributed by atoms with Gasteiger partial charge < -0.3 is 5.32 Å². The first-order valence-electron chi connectivity index (χ1n) is 6.02. The Bertz CT molecular complexity index is 513. The Morgan fingerprint density at radius 1 is 1.29 bits per heavy atom. The number of hydrogen-bond acceptors (Lipinski definition) is 4. The van der Waals surface area contributed by atoms with Crippen LogP contribution in [-0.2, 0) is 13.6 Å². The molecule has 1 saturated heterocycles. The smallest absolute Gasteiger partial charge is 0.157 e. The second-order valence-corrected chi connectivity index (χ2v) is 4.55. The quantitative estimate of drug-likeness (QED) is 0.811. The van der Waals surface area contributed by atoms with Gasteiger partial charge in [0.25, 0.3) is 0 Å². The standard InChI is InChI=1S/C12H17N5/c1-16-12-11(8-15-16)6-10(7-14-12)9-17-4-2-13-3-5-17/h6-8,13H,2-5,9H2,1H3. The van der Waals surface area contributed by atoms with Gasteiger partial charge in [0.05, 0.1) is 6.20 Å². The number of pyridine rings is 1. The van der Waals surface area contributed by atoms with Gasteiger partial charge in [-0.1, -0.05) is 0 Å². The lowest BCUT2D eigenvalue weighted by atomic mass is 10.2. The van der Waals surface area contributed by atoms with E-state index in [-0.39, 0.29) is 0 Å². The average molecular weight is 231 g/mol. The lowest BCUT2D eigenvalue weighted by Crippen LogP contribution is -2.42. The molecule has 0 aromatic carbocycles. The van der Waals surface area contributed by atoms with Crippen LogP contribution < -0.4 is 5.32 Å². The normalized spacial score (nSPS) is 17.7. The zero-order chi connectivity index (χ0) is 11.7. The van der Waals surface area contributed by atoms with Crippen LogP contribution >= 0.6 is 0 Å². The highest BCUT2D eigenvalue weighted by Crippen LogP contribution is 2.13. The Balaban J connectivity index is 1.80. The van der Waals surface area contributed by atoms with Crippen molar-refractivity contribution in [3.8, 4) is 0 Å². The number of nitrogens with one attached hydrogen (secondary N) is 1. The van der Waals surface area contributed by atoms with Gasteiger partial charge in [0.15, 0.2) is 5.65 Å². The highest BCUT2D eigenvalue weighted by molar-refractivity contribution is 5.74. The van der Waals surface area contributed by atoms with E-state index in [1.54, 1.807) is 0 Å². The van der Waals surface area contributed by atoms with Crippen LogP contribution in [0.15, 0.2) is 18.5 Å². The van der Waals surface area contributed by atoms with E-state index in [2.05, 4.69) is 26.4 Å². The van der Waals surface area contributed by atoms with Crippen LogP contribution in [0.4, 0.5) is 0 Å². The molecule has 0 unspecified atom stereocenters. The molecule has 0 saturated carbocycles. The molecule has 1 N–H and O–H groups in total. The summed E-state index contributed by atoms with van der Waals surface area (Å²) < 4.78 is 1.81. The average Bonchev–Trinajstić information content (AvgIpc) is 2.72. The van der Waals surface area contributed by atoms with E-state index in [0.717, 1.165) is 43.8 Å². The minimum atomic E-state index is 0.953. The number of rotatable bonds is 2. The zero-order valence-corrected chi connectivity index (χ0v) is 10.1. The van der Waals surface area contributed by atoms with Crippen LogP contribution in [0.5, 0.6) is 0 Å². The third kappa shape index (κ3) is 2.16. The summed E-state index contributed by atoms with van der Waals surface area (Å²) in [6, 6.07) is 2.19. The summed E-state index contributed by atoms with van der Waals surface area (Å²) >= 11 is 0. The third-order valence-electron chi connectivity index (χ3n) is 3.24. The van der Waals surface area contributed by atoms with Gasteiger partial charge in [0.2, 0.25) is 0 Å². The van der Waals surface area contributed by atoms with Crippen molar-refractivity contribution in [2.45, 2.75) is 6.54 Å². The Morgan fingerprint density at radius 2 is 2.12 bits per heavy atom. The van der Waals surface area contributed by atoms with Crippen molar-refractivity contribution in [1.29, 1.82) is 0 Å². The minimum Gasteiger partial charge on any atom is -0.314 e. The van der Waals surface area contributed by atoms with E-state index in [1.165, 1.54) is 5.56 Å². The van der Waals surface area contributed by atoms with E-state index in [0.29, 0.717) is 0 Å². The first kappa shape index (κ1) is 10.7. The molecule has 0 aliphatic carbocycles. The van der Waals surface area contributed by atoms with Crippen molar-refractivity contribution in [3.63, 3.8) is 0 Å². The van der Waals surface area contributed by atoms with Crippen LogP contribution in [-0.4, -0.2) is 45.8 Å². The van der Waals surface area contributed by atoms with Gasteiger partial charge in [-0.3, -0.25) is 9.58 Å². The molecule has 0 atom stereocenters. The molecule has 1 aliphatic heterocycles. The van der Waals surface area contributed by atoms with Gasteiger partial charge in [0, 0.05) is 51.4 Å². The van der Waals surface area contributed by atoms with Gasteiger partial charge in [-0.25, -0.2) is 4.98 Å². The van der Waals surface area contributed by atoms with Crippen molar-refractivity contribution in [3.05, 3.63) is 24.0 Å². The molecule has 3 heterocycles. The highest BCUT2D eigenvalue weighted by atomic mass is 15.3. The van der Waals surface area contributed by atoms with Gasteiger partial charge in [-0.15, -0.1) is 0 Å². The van der Waals surface area contributed by atoms with E-state index in [1.807, 2.05) is 24.1 Å². The second-order valence-electron chi connectivity index (χ2n) is 4.55. The summed E-state index contributed by atoms with van der Waals surface area (Å²) in [7, 11) is 1.92. The SMILES string of the molecule is Cn1ncc2cc(CN3CCNCC3)cnc21. The molecule has 0 radical (unpaired) electrons. The summed E-state index contributed by atoms with van der Waals surface area (Å²) in [6.07, 6.45) is 3.84. The lowest BCUT2D eigenvalue weighted by Gasteiger charge is -2.27. The molecular weight excluding hydrogens is 214 g/mol. The number of piperazine rings is 1. The first-order valence-corrected chi connectivity index (χ1v) is 6.02. The first-order chi connectivity index (χ1) is 8.33. The Labute approximate surface area is 100 Å². The van der Waals surface area contributed by atoms with Gasteiger partial charge in [0.1, 0.15) is 0 Å². The predicted octanol–water partition coefficient (Wildman–Crippen LogP) is 0.373. The second kappa shape index (κ2) is 4.43. The highest BCUT2D eigenvalue weighted by Gasteiger charge is 2.10. The minimum absolute atomic E-state index is 0.953. The Hall–Kier alpha value is -1.46. The number of hydrogen-bond donors (Lipinski definition) is 1. The fourth-order valence-corrected chi connectivity index (χ4v) is 2.30. The summed E-state index contributed by atoms with van der Waals surface area (Å²) in [5.41, 5.74) is 2.22. The lowest BCUT2D eigenvalue weighted by molar-refractivity contribution is 0.233. The van der Waals surface area contributed by atoms with E-state index in [9.17, 15) is 0 Å². The Kier molecular flexibility index (Phi) is 2.78. The maximum Gasteiger partial charge on any atom is 0.157 e. The fraction of sp³-hybridized carbons (Fsp3) is 0.500. The maximum atomic E-state index is 4.46. The van der Waals surface area contributed by atoms with Crippen LogP contribution in [0.2, 0.25) is 0 Å². The molecule has 0 spiro atoms. The summed E-state index contributed by atoms with van der Waals surface area (Å²) in [5.74, 6) is 0. The number of aromatic nitrogens is 3. The monoisotopic (exact) mass is 231 g/mol. The van der Waals surface area contributed by atoms with Gasteiger partial charge in [-0.05, 0) is 11.6 Å². The summed E-state index contributed by atoms with van der Waals surface area (Å²) in [5, 5.41) is 8.70. The molecule has 0 amide bonds. The molecule has 90 valence electrons. The maximum absolute atomic E-state index is 4.46. The van der Waals surface area contributed by atoms with Crippen molar-refractivity contribution in [1.82, 2.24) is 25.0 Å².